The largest absolute Gasteiger partial charge is 1.00 e. The van der Waals surface area contributed by atoms with Crippen LogP contribution in [0.25, 0.3) is 0 Å². The zero-order valence-corrected chi connectivity index (χ0v) is 20.2. The van der Waals surface area contributed by atoms with E-state index in [9.17, 15) is 18.1 Å². The summed E-state index contributed by atoms with van der Waals surface area (Å²) in [6.07, 6.45) is 10.5. The van der Waals surface area contributed by atoms with Crippen LogP contribution in [0.1, 0.15) is 63.9 Å². The Hall–Kier alpha value is -1.05. The Kier molecular flexibility index (Phi) is 11.9. The number of benzene rings is 2. The Morgan fingerprint density at radius 3 is 2.14 bits per heavy atom. The number of para-hydroxylation sites is 2. The molecule has 0 aliphatic rings. The summed E-state index contributed by atoms with van der Waals surface area (Å²) in [6.45, 7) is 2.21. The first-order valence-electron chi connectivity index (χ1n) is 9.96. The first kappa shape index (κ1) is 26.0. The van der Waals surface area contributed by atoms with Gasteiger partial charge in [-0.15, -0.1) is 0 Å². The third-order valence-electron chi connectivity index (χ3n) is 4.67. The van der Waals surface area contributed by atoms with Crippen LogP contribution < -0.4 is 39.4 Å². The molecule has 2 aromatic rings. The van der Waals surface area contributed by atoms with Gasteiger partial charge in [-0.05, 0) is 36.6 Å². The molecule has 7 heteroatoms. The second-order valence-electron chi connectivity index (χ2n) is 7.03. The molecule has 1 N–H and O–H groups in total. The van der Waals surface area contributed by atoms with Crippen LogP contribution in [0.2, 0.25) is 0 Å². The minimum atomic E-state index is -4.45. The summed E-state index contributed by atoms with van der Waals surface area (Å²) in [6, 6.07) is 10.6. The van der Waals surface area contributed by atoms with Crippen LogP contribution >= 0.6 is 0 Å². The zero-order chi connectivity index (χ0) is 20.4. The maximum absolute atomic E-state index is 11.9. The van der Waals surface area contributed by atoms with E-state index in [1.807, 2.05) is 0 Å². The molecule has 0 spiro atoms. The van der Waals surface area contributed by atoms with Gasteiger partial charge < -0.3 is 9.84 Å². The van der Waals surface area contributed by atoms with Gasteiger partial charge in [0, 0.05) is 0 Å². The Labute approximate surface area is 196 Å². The van der Waals surface area contributed by atoms with Crippen LogP contribution in [0.5, 0.6) is 17.2 Å². The van der Waals surface area contributed by atoms with Crippen LogP contribution in [0.3, 0.4) is 0 Å². The summed E-state index contributed by atoms with van der Waals surface area (Å²) in [5.74, 6) is -0.350. The topological polar surface area (TPSA) is 86.7 Å². The summed E-state index contributed by atoms with van der Waals surface area (Å²) < 4.78 is 38.3. The van der Waals surface area contributed by atoms with Crippen molar-refractivity contribution in [1.82, 2.24) is 0 Å². The van der Waals surface area contributed by atoms with Crippen LogP contribution in [0, 0.1) is 0 Å². The van der Waals surface area contributed by atoms with Gasteiger partial charge in [0.2, 0.25) is 0 Å². The molecule has 0 aliphatic carbocycles. The van der Waals surface area contributed by atoms with Gasteiger partial charge in [-0.25, -0.2) is 0 Å². The molecule has 0 unspecified atom stereocenters. The number of hydrogen-bond acceptors (Lipinski definition) is 4. The summed E-state index contributed by atoms with van der Waals surface area (Å²) in [5, 5.41) is 11.9. The molecule has 2 rings (SSSR count). The van der Waals surface area contributed by atoms with Crippen LogP contribution in [-0.4, -0.2) is 13.0 Å². The van der Waals surface area contributed by atoms with Crippen molar-refractivity contribution in [2.75, 3.05) is 0 Å². The minimum Gasteiger partial charge on any atom is -0.870 e. The smallest absolute Gasteiger partial charge is 0.870 e. The molecule has 0 saturated heterocycles. The quantitative estimate of drug-likeness (QED) is 0.319. The second-order valence-corrected chi connectivity index (χ2v) is 8.42. The third kappa shape index (κ3) is 9.09. The van der Waals surface area contributed by atoms with Crippen molar-refractivity contribution in [1.29, 1.82) is 0 Å². The fourth-order valence-electron chi connectivity index (χ4n) is 3.12. The van der Waals surface area contributed by atoms with Gasteiger partial charge >= 0.3 is 29.6 Å². The molecule has 29 heavy (non-hydrogen) atoms. The number of hydrogen-bond donors (Lipinski definition) is 1. The Morgan fingerprint density at radius 1 is 0.897 bits per heavy atom. The summed E-state index contributed by atoms with van der Waals surface area (Å²) >= 11 is 0. The van der Waals surface area contributed by atoms with Crippen LogP contribution in [0.15, 0.2) is 47.4 Å². The number of unbranched alkanes of at least 4 members (excludes halogenated alkanes) is 7. The van der Waals surface area contributed by atoms with E-state index >= 15 is 0 Å². The molecule has 0 bridgehead atoms. The number of ether oxygens (including phenoxy) is 1. The Balaban J connectivity index is 0.00000420. The molecular weight excluding hydrogens is 399 g/mol. The maximum Gasteiger partial charge on any atom is 1.00 e. The van der Waals surface area contributed by atoms with E-state index in [1.54, 1.807) is 24.3 Å². The fourth-order valence-corrected chi connectivity index (χ4v) is 3.71. The van der Waals surface area contributed by atoms with Gasteiger partial charge in [0.15, 0.2) is 0 Å². The van der Waals surface area contributed by atoms with Gasteiger partial charge in [-0.3, -0.25) is 4.55 Å². The summed E-state index contributed by atoms with van der Waals surface area (Å²) in [4.78, 5) is -0.338. The predicted octanol–water partition coefficient (Wildman–Crippen LogP) is 2.49. The molecule has 0 fully saturated rings. The zero-order valence-electron chi connectivity index (χ0n) is 17.4. The summed E-state index contributed by atoms with van der Waals surface area (Å²) in [5.41, 5.74) is 0.914. The average molecular weight is 429 g/mol. The van der Waals surface area contributed by atoms with Gasteiger partial charge in [0.1, 0.15) is 16.4 Å². The van der Waals surface area contributed by atoms with E-state index in [4.69, 9.17) is 4.74 Å². The fraction of sp³-hybridized carbons (Fsp3) is 0.455. The maximum atomic E-state index is 11.9. The molecule has 5 nitrogen and oxygen atoms in total. The molecule has 154 valence electrons. The molecule has 0 aromatic heterocycles. The molecule has 0 saturated carbocycles. The molecule has 2 aromatic carbocycles. The van der Waals surface area contributed by atoms with Crippen molar-refractivity contribution in [3.8, 4) is 17.2 Å². The van der Waals surface area contributed by atoms with E-state index in [2.05, 4.69) is 6.92 Å². The van der Waals surface area contributed by atoms with Crippen molar-refractivity contribution in [3.05, 3.63) is 48.0 Å². The van der Waals surface area contributed by atoms with Gasteiger partial charge in [-0.2, -0.15) is 8.42 Å². The van der Waals surface area contributed by atoms with Crippen molar-refractivity contribution < 1.29 is 52.4 Å². The number of aryl methyl sites for hydroxylation is 1. The van der Waals surface area contributed by atoms with E-state index in [0.29, 0.717) is 0 Å². The SMILES string of the molecule is CCCCCCCCCCc1ccc(S(=O)(=O)O)c(Oc2ccccc2[O-])c1.[Na+]. The molecular formula is C22H29NaO5S. The molecule has 0 amide bonds. The van der Waals surface area contributed by atoms with Crippen LogP contribution in [0.4, 0.5) is 0 Å². The van der Waals surface area contributed by atoms with Crippen molar-refractivity contribution in [3.63, 3.8) is 0 Å². The number of rotatable bonds is 12. The minimum absolute atomic E-state index is 0. The first-order chi connectivity index (χ1) is 13.4. The first-order valence-corrected chi connectivity index (χ1v) is 11.4. The monoisotopic (exact) mass is 428 g/mol. The van der Waals surface area contributed by atoms with E-state index in [0.717, 1.165) is 24.8 Å². The normalized spacial score (nSPS) is 11.1. The van der Waals surface area contributed by atoms with Gasteiger partial charge in [0.05, 0.1) is 0 Å². The average Bonchev–Trinajstić information content (AvgIpc) is 2.65. The van der Waals surface area contributed by atoms with Crippen molar-refractivity contribution >= 4 is 10.1 Å². The van der Waals surface area contributed by atoms with Crippen molar-refractivity contribution in [2.24, 2.45) is 0 Å². The Morgan fingerprint density at radius 2 is 1.52 bits per heavy atom. The van der Waals surface area contributed by atoms with E-state index in [1.165, 1.54) is 56.7 Å². The Bertz CT molecular complexity index is 852. The summed E-state index contributed by atoms with van der Waals surface area (Å²) in [7, 11) is -4.45. The molecule has 0 aliphatic heterocycles. The van der Waals surface area contributed by atoms with Crippen molar-refractivity contribution in [2.45, 2.75) is 69.6 Å². The van der Waals surface area contributed by atoms with Gasteiger partial charge in [0.25, 0.3) is 10.1 Å². The van der Waals surface area contributed by atoms with E-state index in [-0.39, 0.29) is 51.7 Å². The predicted molar refractivity (Wildman–Crippen MR) is 109 cm³/mol. The van der Waals surface area contributed by atoms with E-state index < -0.39 is 10.1 Å². The van der Waals surface area contributed by atoms with Gasteiger partial charge in [-0.1, -0.05) is 81.9 Å². The third-order valence-corrected chi connectivity index (χ3v) is 5.57. The molecule has 0 atom stereocenters. The molecule has 0 heterocycles. The second kappa shape index (κ2) is 13.3. The standard InChI is InChI=1S/C22H30O5S.Na/c1-2-3-4-5-6-7-8-9-12-18-15-16-22(28(24,25)26)21(17-18)27-20-14-11-10-13-19(20)23;/h10-11,13-17,23H,2-9,12H2,1H3,(H,24,25,26);/q;+1/p-1. The molecule has 0 radical (unpaired) electrons. The van der Waals surface area contributed by atoms with Crippen LogP contribution in [-0.2, 0) is 16.5 Å².